The van der Waals surface area contributed by atoms with E-state index in [1.807, 2.05) is 0 Å². The van der Waals surface area contributed by atoms with E-state index < -0.39 is 17.7 Å². The van der Waals surface area contributed by atoms with Crippen LogP contribution < -0.4 is 10.1 Å². The lowest BCUT2D eigenvalue weighted by atomic mass is 10.00. The average molecular weight is 243 g/mol. The van der Waals surface area contributed by atoms with E-state index in [1.54, 1.807) is 0 Å². The van der Waals surface area contributed by atoms with Crippen molar-refractivity contribution in [3.05, 3.63) is 29.3 Å². The number of hydrogen-bond acceptors (Lipinski definition) is 3. The number of hydrogen-bond donors (Lipinski definition) is 2. The van der Waals surface area contributed by atoms with Crippen LogP contribution in [0.15, 0.2) is 12.1 Å². The van der Waals surface area contributed by atoms with Gasteiger partial charge in [-0.05, 0) is 19.4 Å². The van der Waals surface area contributed by atoms with Crippen molar-refractivity contribution in [3.63, 3.8) is 0 Å². The van der Waals surface area contributed by atoms with E-state index in [0.29, 0.717) is 6.42 Å². The van der Waals surface area contributed by atoms with Crippen molar-refractivity contribution < 1.29 is 18.6 Å². The van der Waals surface area contributed by atoms with Crippen molar-refractivity contribution in [2.24, 2.45) is 0 Å². The summed E-state index contributed by atoms with van der Waals surface area (Å²) in [4.78, 5) is 0. The van der Waals surface area contributed by atoms with Gasteiger partial charge in [0, 0.05) is 18.2 Å². The molecule has 1 fully saturated rings. The number of ether oxygens (including phenoxy) is 1. The minimum Gasteiger partial charge on any atom is -0.497 e. The molecule has 1 aromatic carbocycles. The van der Waals surface area contributed by atoms with Gasteiger partial charge in [0.2, 0.25) is 0 Å². The second-order valence-corrected chi connectivity index (χ2v) is 4.15. The number of aliphatic hydroxyl groups is 1. The molecule has 0 amide bonds. The molecular weight excluding hydrogens is 228 g/mol. The quantitative estimate of drug-likeness (QED) is 0.850. The Morgan fingerprint density at radius 2 is 2.06 bits per heavy atom. The summed E-state index contributed by atoms with van der Waals surface area (Å²) >= 11 is 0. The molecule has 2 rings (SSSR count). The van der Waals surface area contributed by atoms with Crippen LogP contribution in [-0.4, -0.2) is 24.8 Å². The number of nitrogens with one attached hydrogen (secondary N) is 1. The summed E-state index contributed by atoms with van der Waals surface area (Å²) in [6.45, 7) is 0.765. The molecule has 0 aliphatic carbocycles. The van der Waals surface area contributed by atoms with Crippen molar-refractivity contribution in [1.29, 1.82) is 0 Å². The fourth-order valence-electron chi connectivity index (χ4n) is 2.14. The average Bonchev–Trinajstić information content (AvgIpc) is 2.81. The van der Waals surface area contributed by atoms with E-state index in [1.165, 1.54) is 7.11 Å². The third-order valence-electron chi connectivity index (χ3n) is 3.06. The van der Waals surface area contributed by atoms with Crippen LogP contribution in [0.25, 0.3) is 0 Å². The zero-order valence-electron chi connectivity index (χ0n) is 9.54. The molecule has 1 saturated heterocycles. The molecule has 3 nitrogen and oxygen atoms in total. The predicted octanol–water partition coefficient (Wildman–Crippen LogP) is 1.76. The molecule has 1 aromatic rings. The van der Waals surface area contributed by atoms with Gasteiger partial charge in [-0.3, -0.25) is 0 Å². The van der Waals surface area contributed by atoms with E-state index in [4.69, 9.17) is 4.74 Å². The van der Waals surface area contributed by atoms with Gasteiger partial charge in [0.1, 0.15) is 17.4 Å². The highest BCUT2D eigenvalue weighted by molar-refractivity contribution is 5.32. The van der Waals surface area contributed by atoms with E-state index in [2.05, 4.69) is 5.32 Å². The number of aliphatic hydroxyl groups excluding tert-OH is 1. The van der Waals surface area contributed by atoms with E-state index in [9.17, 15) is 13.9 Å². The number of methoxy groups -OCH3 is 1. The van der Waals surface area contributed by atoms with Gasteiger partial charge < -0.3 is 15.2 Å². The summed E-state index contributed by atoms with van der Waals surface area (Å²) in [6.07, 6.45) is 0.455. The Morgan fingerprint density at radius 3 is 2.53 bits per heavy atom. The fourth-order valence-corrected chi connectivity index (χ4v) is 2.14. The van der Waals surface area contributed by atoms with Crippen molar-refractivity contribution in [2.75, 3.05) is 13.7 Å². The van der Waals surface area contributed by atoms with Crippen LogP contribution in [0.1, 0.15) is 24.5 Å². The molecule has 1 heterocycles. The minimum atomic E-state index is -1.16. The highest BCUT2D eigenvalue weighted by Gasteiger charge is 2.29. The van der Waals surface area contributed by atoms with Gasteiger partial charge in [0.15, 0.2) is 0 Å². The lowest BCUT2D eigenvalue weighted by Crippen LogP contribution is -2.30. The molecule has 0 saturated carbocycles. The molecule has 1 aliphatic heterocycles. The van der Waals surface area contributed by atoms with Crippen LogP contribution in [0.2, 0.25) is 0 Å². The Labute approximate surface area is 98.4 Å². The Morgan fingerprint density at radius 1 is 1.41 bits per heavy atom. The van der Waals surface area contributed by atoms with Crippen LogP contribution in [0.5, 0.6) is 5.75 Å². The largest absolute Gasteiger partial charge is 0.497 e. The Hall–Kier alpha value is -1.20. The molecule has 2 unspecified atom stereocenters. The first-order valence-corrected chi connectivity index (χ1v) is 5.58. The van der Waals surface area contributed by atoms with Gasteiger partial charge in [-0.2, -0.15) is 0 Å². The van der Waals surface area contributed by atoms with Crippen molar-refractivity contribution in [1.82, 2.24) is 5.32 Å². The first-order chi connectivity index (χ1) is 8.13. The van der Waals surface area contributed by atoms with E-state index in [-0.39, 0.29) is 17.4 Å². The van der Waals surface area contributed by atoms with Crippen LogP contribution in [0, 0.1) is 11.6 Å². The molecule has 0 spiro atoms. The Bertz CT molecular complexity index is 382. The molecule has 17 heavy (non-hydrogen) atoms. The normalized spacial score (nSPS) is 21.5. The van der Waals surface area contributed by atoms with Crippen LogP contribution >= 0.6 is 0 Å². The number of benzene rings is 1. The molecule has 2 N–H and O–H groups in total. The lowest BCUT2D eigenvalue weighted by molar-refractivity contribution is 0.129. The SMILES string of the molecule is COc1cc(F)c(C(O)C2CCCN2)c(F)c1. The molecule has 0 aromatic heterocycles. The second-order valence-electron chi connectivity index (χ2n) is 4.15. The smallest absolute Gasteiger partial charge is 0.135 e. The molecule has 2 atom stereocenters. The number of halogens is 2. The van der Waals surface area contributed by atoms with Crippen LogP contribution in [0.3, 0.4) is 0 Å². The van der Waals surface area contributed by atoms with Crippen LogP contribution in [-0.2, 0) is 0 Å². The summed E-state index contributed by atoms with van der Waals surface area (Å²) < 4.78 is 32.1. The molecule has 0 radical (unpaired) electrons. The Balaban J connectivity index is 2.30. The first-order valence-electron chi connectivity index (χ1n) is 5.58. The number of rotatable bonds is 3. The molecule has 0 bridgehead atoms. The summed E-state index contributed by atoms with van der Waals surface area (Å²) in [7, 11) is 1.34. The zero-order chi connectivity index (χ0) is 12.4. The molecule has 1 aliphatic rings. The first kappa shape index (κ1) is 12.3. The topological polar surface area (TPSA) is 41.5 Å². The van der Waals surface area contributed by atoms with Crippen LogP contribution in [0.4, 0.5) is 8.78 Å². The zero-order valence-corrected chi connectivity index (χ0v) is 9.54. The summed E-state index contributed by atoms with van der Waals surface area (Å²) in [5.41, 5.74) is -0.287. The fraction of sp³-hybridized carbons (Fsp3) is 0.500. The molecular formula is C12H15F2NO2. The summed E-state index contributed by atoms with van der Waals surface area (Å²) in [5, 5.41) is 13.0. The molecule has 5 heteroatoms. The van der Waals surface area contributed by atoms with E-state index >= 15 is 0 Å². The van der Waals surface area contributed by atoms with Gasteiger partial charge in [-0.15, -0.1) is 0 Å². The monoisotopic (exact) mass is 243 g/mol. The maximum absolute atomic E-state index is 13.7. The van der Waals surface area contributed by atoms with Gasteiger partial charge >= 0.3 is 0 Å². The van der Waals surface area contributed by atoms with Gasteiger partial charge in [-0.25, -0.2) is 8.78 Å². The van der Waals surface area contributed by atoms with E-state index in [0.717, 1.165) is 25.1 Å². The third-order valence-corrected chi connectivity index (χ3v) is 3.06. The predicted molar refractivity (Wildman–Crippen MR) is 58.9 cm³/mol. The lowest BCUT2D eigenvalue weighted by Gasteiger charge is -2.20. The maximum Gasteiger partial charge on any atom is 0.135 e. The standard InChI is InChI=1S/C12H15F2NO2/c1-17-7-5-8(13)11(9(14)6-7)12(16)10-3-2-4-15-10/h5-6,10,12,15-16H,2-4H2,1H3. The third kappa shape index (κ3) is 2.40. The van der Waals surface area contributed by atoms with Crippen molar-refractivity contribution in [3.8, 4) is 5.75 Å². The van der Waals surface area contributed by atoms with Gasteiger partial charge in [0.05, 0.1) is 18.8 Å². The van der Waals surface area contributed by atoms with Gasteiger partial charge in [-0.1, -0.05) is 0 Å². The van der Waals surface area contributed by atoms with Crippen molar-refractivity contribution >= 4 is 0 Å². The minimum absolute atomic E-state index is 0.107. The molecule has 94 valence electrons. The highest BCUT2D eigenvalue weighted by Crippen LogP contribution is 2.30. The van der Waals surface area contributed by atoms with Gasteiger partial charge in [0.25, 0.3) is 0 Å². The Kier molecular flexibility index (Phi) is 3.59. The summed E-state index contributed by atoms with van der Waals surface area (Å²) in [6, 6.07) is 1.88. The second kappa shape index (κ2) is 4.98. The summed E-state index contributed by atoms with van der Waals surface area (Å²) in [5.74, 6) is -1.44. The highest BCUT2D eigenvalue weighted by atomic mass is 19.1. The maximum atomic E-state index is 13.7. The van der Waals surface area contributed by atoms with Crippen molar-refractivity contribution in [2.45, 2.75) is 25.0 Å².